The molecule has 6 heteroatoms. The second kappa shape index (κ2) is 8.14. The van der Waals surface area contributed by atoms with Crippen molar-refractivity contribution in [1.82, 2.24) is 10.2 Å². The van der Waals surface area contributed by atoms with Crippen molar-refractivity contribution in [2.75, 3.05) is 25.5 Å². The number of nitrogens with one attached hydrogen (secondary N) is 1. The van der Waals surface area contributed by atoms with Crippen LogP contribution in [-0.2, 0) is 9.59 Å². The number of nitrogens with zero attached hydrogens (tertiary/aromatic N) is 2. The van der Waals surface area contributed by atoms with Gasteiger partial charge in [0.05, 0.1) is 11.7 Å². The maximum absolute atomic E-state index is 12.6. The van der Waals surface area contributed by atoms with Crippen LogP contribution in [0.25, 0.3) is 0 Å². The molecule has 0 spiro atoms. The van der Waals surface area contributed by atoms with Crippen LogP contribution in [0.1, 0.15) is 34.8 Å². The predicted molar refractivity (Wildman–Crippen MR) is 103 cm³/mol. The number of carbonyl (C=O) groups excluding carboxylic acids is 3. The number of carbonyl (C=O) groups is 3. The molecule has 0 radical (unpaired) electrons. The summed E-state index contributed by atoms with van der Waals surface area (Å²) in [6.45, 7) is 0.446. The third-order valence-corrected chi connectivity index (χ3v) is 4.68. The minimum atomic E-state index is -0.237. The summed E-state index contributed by atoms with van der Waals surface area (Å²) in [5.74, 6) is -0.692. The molecular weight excluding hydrogens is 342 g/mol. The van der Waals surface area contributed by atoms with Gasteiger partial charge in [-0.05, 0) is 37.9 Å². The molecule has 3 rings (SSSR count). The zero-order valence-corrected chi connectivity index (χ0v) is 15.5. The number of rotatable bonds is 6. The van der Waals surface area contributed by atoms with Gasteiger partial charge in [-0.1, -0.05) is 36.4 Å². The maximum atomic E-state index is 12.6. The van der Waals surface area contributed by atoms with E-state index in [-0.39, 0.29) is 36.6 Å². The molecule has 0 saturated carbocycles. The number of hydrogen-bond acceptors (Lipinski definition) is 4. The first kappa shape index (κ1) is 18.8. The second-order valence-electron chi connectivity index (χ2n) is 6.77. The number of likely N-dealkylation sites (N-methyl/N-ethyl adjacent to an activating group) is 1. The monoisotopic (exact) mass is 365 g/mol. The lowest BCUT2D eigenvalue weighted by Crippen LogP contribution is -2.34. The Balaban J connectivity index is 1.72. The molecule has 1 unspecified atom stereocenters. The molecule has 0 aromatic heterocycles. The molecule has 140 valence electrons. The number of imide groups is 1. The van der Waals surface area contributed by atoms with Crippen molar-refractivity contribution in [2.24, 2.45) is 0 Å². The lowest BCUT2D eigenvalue weighted by molar-refractivity contribution is -0.121. The lowest BCUT2D eigenvalue weighted by atomic mass is 10.1. The van der Waals surface area contributed by atoms with Crippen LogP contribution in [0.3, 0.4) is 0 Å². The van der Waals surface area contributed by atoms with Gasteiger partial charge in [-0.15, -0.1) is 0 Å². The Bertz CT molecular complexity index is 833. The Morgan fingerprint density at radius 2 is 1.70 bits per heavy atom. The van der Waals surface area contributed by atoms with Crippen LogP contribution in [0, 0.1) is 0 Å². The van der Waals surface area contributed by atoms with Gasteiger partial charge in [0.15, 0.2) is 0 Å². The van der Waals surface area contributed by atoms with Crippen LogP contribution >= 0.6 is 0 Å². The Kier molecular flexibility index (Phi) is 5.66. The van der Waals surface area contributed by atoms with Gasteiger partial charge in [0.2, 0.25) is 11.8 Å². The Morgan fingerprint density at radius 1 is 1.04 bits per heavy atom. The minimum absolute atomic E-state index is 0.0417. The van der Waals surface area contributed by atoms with Gasteiger partial charge in [0.25, 0.3) is 5.91 Å². The first-order valence-corrected chi connectivity index (χ1v) is 8.93. The zero-order chi connectivity index (χ0) is 19.4. The third-order valence-electron chi connectivity index (χ3n) is 4.68. The second-order valence-corrected chi connectivity index (χ2v) is 6.77. The number of benzene rings is 2. The summed E-state index contributed by atoms with van der Waals surface area (Å²) in [6, 6.07) is 16.6. The summed E-state index contributed by atoms with van der Waals surface area (Å²) in [4.78, 5) is 39.6. The van der Waals surface area contributed by atoms with E-state index in [2.05, 4.69) is 5.32 Å². The lowest BCUT2D eigenvalue weighted by Gasteiger charge is -2.25. The zero-order valence-electron chi connectivity index (χ0n) is 15.5. The van der Waals surface area contributed by atoms with E-state index in [0.717, 1.165) is 10.5 Å². The summed E-state index contributed by atoms with van der Waals surface area (Å²) in [5.41, 5.74) is 1.98. The van der Waals surface area contributed by atoms with Gasteiger partial charge in [-0.25, -0.2) is 0 Å². The number of hydrogen-bond donors (Lipinski definition) is 1. The van der Waals surface area contributed by atoms with E-state index in [1.54, 1.807) is 24.3 Å². The van der Waals surface area contributed by atoms with Gasteiger partial charge >= 0.3 is 0 Å². The van der Waals surface area contributed by atoms with Crippen molar-refractivity contribution in [3.05, 3.63) is 65.7 Å². The smallest absolute Gasteiger partial charge is 0.251 e. The quantitative estimate of drug-likeness (QED) is 0.798. The average Bonchev–Trinajstić information content (AvgIpc) is 3.01. The van der Waals surface area contributed by atoms with Crippen LogP contribution in [0.15, 0.2) is 54.6 Å². The molecule has 1 saturated heterocycles. The van der Waals surface area contributed by atoms with Gasteiger partial charge < -0.3 is 10.2 Å². The maximum Gasteiger partial charge on any atom is 0.251 e. The molecule has 1 N–H and O–H groups in total. The highest BCUT2D eigenvalue weighted by atomic mass is 16.2. The molecule has 3 amide bonds. The topological polar surface area (TPSA) is 69.7 Å². The molecule has 0 bridgehead atoms. The molecular formula is C21H23N3O3. The molecule has 2 aromatic carbocycles. The SMILES string of the molecule is CN(C)C(CNC(=O)c1cccc(N2C(=O)CCC2=O)c1)c1ccccc1. The standard InChI is InChI=1S/C21H23N3O3/c1-23(2)18(15-7-4-3-5-8-15)14-22-21(27)16-9-6-10-17(13-16)24-19(25)11-12-20(24)26/h3-10,13,18H,11-12,14H2,1-2H3,(H,22,27). The Morgan fingerprint density at radius 3 is 2.33 bits per heavy atom. The van der Waals surface area contributed by atoms with Gasteiger partial charge in [0.1, 0.15) is 0 Å². The normalized spacial score (nSPS) is 15.3. The summed E-state index contributed by atoms with van der Waals surface area (Å²) in [6.07, 6.45) is 0.438. The Labute approximate surface area is 158 Å². The largest absolute Gasteiger partial charge is 0.350 e. The average molecular weight is 365 g/mol. The molecule has 27 heavy (non-hydrogen) atoms. The molecule has 1 atom stereocenters. The van der Waals surface area contributed by atoms with E-state index in [1.165, 1.54) is 0 Å². The van der Waals surface area contributed by atoms with E-state index < -0.39 is 0 Å². The predicted octanol–water partition coefficient (Wildman–Crippen LogP) is 2.37. The fourth-order valence-electron chi connectivity index (χ4n) is 3.22. The first-order valence-electron chi connectivity index (χ1n) is 8.93. The van der Waals surface area contributed by atoms with Crippen molar-refractivity contribution in [1.29, 1.82) is 0 Å². The van der Waals surface area contributed by atoms with Crippen molar-refractivity contribution in [3.8, 4) is 0 Å². The van der Waals surface area contributed by atoms with Crippen LogP contribution in [-0.4, -0.2) is 43.3 Å². The minimum Gasteiger partial charge on any atom is -0.350 e. The molecule has 1 aliphatic heterocycles. The fourth-order valence-corrected chi connectivity index (χ4v) is 3.22. The highest BCUT2D eigenvalue weighted by Crippen LogP contribution is 2.23. The molecule has 1 aliphatic rings. The van der Waals surface area contributed by atoms with E-state index >= 15 is 0 Å². The Hall–Kier alpha value is -2.99. The number of amides is 3. The van der Waals surface area contributed by atoms with E-state index in [4.69, 9.17) is 0 Å². The molecule has 6 nitrogen and oxygen atoms in total. The number of anilines is 1. The van der Waals surface area contributed by atoms with Crippen molar-refractivity contribution in [2.45, 2.75) is 18.9 Å². The highest BCUT2D eigenvalue weighted by molar-refractivity contribution is 6.20. The molecule has 1 fully saturated rings. The van der Waals surface area contributed by atoms with Crippen molar-refractivity contribution < 1.29 is 14.4 Å². The first-order chi connectivity index (χ1) is 13.0. The van der Waals surface area contributed by atoms with Crippen LogP contribution in [0.5, 0.6) is 0 Å². The molecule has 0 aliphatic carbocycles. The summed E-state index contributed by atoms with van der Waals surface area (Å²) >= 11 is 0. The third kappa shape index (κ3) is 4.23. The molecule has 1 heterocycles. The highest BCUT2D eigenvalue weighted by Gasteiger charge is 2.30. The van der Waals surface area contributed by atoms with Crippen LogP contribution in [0.2, 0.25) is 0 Å². The van der Waals surface area contributed by atoms with E-state index in [0.29, 0.717) is 17.8 Å². The van der Waals surface area contributed by atoms with E-state index in [9.17, 15) is 14.4 Å². The van der Waals surface area contributed by atoms with E-state index in [1.807, 2.05) is 49.3 Å². The van der Waals surface area contributed by atoms with Crippen LogP contribution < -0.4 is 10.2 Å². The summed E-state index contributed by atoms with van der Waals surface area (Å²) in [7, 11) is 3.93. The summed E-state index contributed by atoms with van der Waals surface area (Å²) in [5, 5.41) is 2.95. The fraction of sp³-hybridized carbons (Fsp3) is 0.286. The van der Waals surface area contributed by atoms with Gasteiger partial charge in [0, 0.05) is 24.9 Å². The van der Waals surface area contributed by atoms with Crippen LogP contribution in [0.4, 0.5) is 5.69 Å². The van der Waals surface area contributed by atoms with Gasteiger partial charge in [-0.3, -0.25) is 19.3 Å². The molecule has 2 aromatic rings. The van der Waals surface area contributed by atoms with Crippen molar-refractivity contribution >= 4 is 23.4 Å². The van der Waals surface area contributed by atoms with Crippen molar-refractivity contribution in [3.63, 3.8) is 0 Å². The van der Waals surface area contributed by atoms with Gasteiger partial charge in [-0.2, -0.15) is 0 Å². The summed E-state index contributed by atoms with van der Waals surface area (Å²) < 4.78 is 0.